The van der Waals surface area contributed by atoms with Crippen LogP contribution in [-0.2, 0) is 7.05 Å². The normalized spacial score (nSPS) is 15.5. The molecule has 1 N–H and O–H groups in total. The van der Waals surface area contributed by atoms with E-state index in [2.05, 4.69) is 20.1 Å². The van der Waals surface area contributed by atoms with Crippen molar-refractivity contribution >= 4 is 5.91 Å². The molecule has 1 amide bonds. The number of oxazole rings is 1. The molecule has 1 aliphatic heterocycles. The summed E-state index contributed by atoms with van der Waals surface area (Å²) in [5.41, 5.74) is 0.287. The van der Waals surface area contributed by atoms with Crippen molar-refractivity contribution < 1.29 is 27.1 Å². The highest BCUT2D eigenvalue weighted by molar-refractivity contribution is 5.90. The fourth-order valence-electron chi connectivity index (χ4n) is 2.92. The van der Waals surface area contributed by atoms with Gasteiger partial charge in [0.2, 0.25) is 0 Å². The van der Waals surface area contributed by atoms with Crippen molar-refractivity contribution in [2.24, 2.45) is 7.05 Å². The number of carbonyl (C=O) groups excluding carboxylic acids is 1. The number of ether oxygens (including phenoxy) is 1. The van der Waals surface area contributed by atoms with Crippen LogP contribution in [0.15, 0.2) is 53.3 Å². The molecular formula is C20H19F3N6O3. The van der Waals surface area contributed by atoms with Crippen LogP contribution < -0.4 is 10.1 Å². The molecule has 1 unspecified atom stereocenters. The number of amides is 1. The first kappa shape index (κ1) is 22.7. The highest BCUT2D eigenvalue weighted by Gasteiger charge is 2.31. The molecule has 12 heteroatoms. The molecule has 2 aromatic heterocycles. The summed E-state index contributed by atoms with van der Waals surface area (Å²) in [7, 11) is 1.89. The number of nitrogens with zero attached hydrogens (tertiary/aromatic N) is 5. The van der Waals surface area contributed by atoms with Crippen molar-refractivity contribution in [3.63, 3.8) is 0 Å². The second kappa shape index (κ2) is 9.86. The maximum absolute atomic E-state index is 12.3. The van der Waals surface area contributed by atoms with Crippen molar-refractivity contribution in [2.45, 2.75) is 18.8 Å². The number of hydrogen-bond donors (Lipinski definition) is 1. The Hall–Kier alpha value is -4.01. The predicted octanol–water partition coefficient (Wildman–Crippen LogP) is 2.95. The topological polar surface area (TPSA) is 109 Å². The third kappa shape index (κ3) is 6.49. The van der Waals surface area contributed by atoms with Crippen molar-refractivity contribution in [3.05, 3.63) is 54.8 Å². The van der Waals surface area contributed by atoms with Gasteiger partial charge < -0.3 is 19.4 Å². The smallest absolute Gasteiger partial charge is 0.432 e. The lowest BCUT2D eigenvalue weighted by Crippen LogP contribution is -2.36. The van der Waals surface area contributed by atoms with Gasteiger partial charge in [-0.05, 0) is 24.6 Å². The monoisotopic (exact) mass is 448 g/mol. The molecule has 0 spiro atoms. The van der Waals surface area contributed by atoms with Gasteiger partial charge in [-0.1, -0.05) is 12.1 Å². The Bertz CT molecular complexity index is 1070. The summed E-state index contributed by atoms with van der Waals surface area (Å²) in [6.07, 6.45) is 2.72. The third-order valence-electron chi connectivity index (χ3n) is 4.35. The van der Waals surface area contributed by atoms with Gasteiger partial charge in [-0.25, -0.2) is 4.98 Å². The average Bonchev–Trinajstić information content (AvgIpc) is 3.49. The molecule has 168 valence electrons. The van der Waals surface area contributed by atoms with Gasteiger partial charge in [0.25, 0.3) is 5.89 Å². The van der Waals surface area contributed by atoms with Crippen LogP contribution in [0, 0.1) is 11.5 Å². The Morgan fingerprint density at radius 2 is 2.19 bits per heavy atom. The number of benzene rings is 1. The zero-order chi connectivity index (χ0) is 23.1. The van der Waals surface area contributed by atoms with E-state index in [9.17, 15) is 18.0 Å². The second-order valence-corrected chi connectivity index (χ2v) is 6.79. The zero-order valence-corrected chi connectivity index (χ0v) is 16.9. The predicted molar refractivity (Wildman–Crippen MR) is 105 cm³/mol. The Morgan fingerprint density at radius 1 is 1.38 bits per heavy atom. The quantitative estimate of drug-likeness (QED) is 0.611. The van der Waals surface area contributed by atoms with E-state index in [1.807, 2.05) is 25.5 Å². The fourth-order valence-corrected chi connectivity index (χ4v) is 2.92. The molecule has 1 aromatic carbocycles. The van der Waals surface area contributed by atoms with Gasteiger partial charge in [0, 0.05) is 44.1 Å². The van der Waals surface area contributed by atoms with Crippen LogP contribution in [0.1, 0.15) is 17.1 Å². The average molecular weight is 448 g/mol. The maximum Gasteiger partial charge on any atom is 0.573 e. The molecule has 1 aliphatic rings. The van der Waals surface area contributed by atoms with Gasteiger partial charge in [-0.3, -0.25) is 9.48 Å². The van der Waals surface area contributed by atoms with Crippen LogP contribution >= 0.6 is 0 Å². The summed E-state index contributed by atoms with van der Waals surface area (Å²) in [5, 5.41) is 15.3. The summed E-state index contributed by atoms with van der Waals surface area (Å²) >= 11 is 0. The minimum Gasteiger partial charge on any atom is -0.432 e. The van der Waals surface area contributed by atoms with Crippen molar-refractivity contribution in [2.75, 3.05) is 13.1 Å². The molecule has 0 bridgehead atoms. The molecule has 3 heterocycles. The number of nitrogens with one attached hydrogen (secondary N) is 1. The van der Waals surface area contributed by atoms with E-state index in [4.69, 9.17) is 9.68 Å². The number of halogens is 3. The lowest BCUT2D eigenvalue weighted by Gasteiger charge is -2.10. The first-order chi connectivity index (χ1) is 15.2. The first-order valence-electron chi connectivity index (χ1n) is 9.44. The lowest BCUT2D eigenvalue weighted by molar-refractivity contribution is -0.274. The Morgan fingerprint density at radius 3 is 2.78 bits per heavy atom. The van der Waals surface area contributed by atoms with Gasteiger partial charge in [-0.2, -0.15) is 10.4 Å². The minimum atomic E-state index is -4.80. The molecule has 1 saturated heterocycles. The van der Waals surface area contributed by atoms with Crippen LogP contribution in [0.5, 0.6) is 5.75 Å². The van der Waals surface area contributed by atoms with E-state index in [0.717, 1.165) is 12.1 Å². The molecule has 1 fully saturated rings. The molecule has 0 saturated carbocycles. The number of carbonyl (C=O) groups is 1. The molecule has 9 nitrogen and oxygen atoms in total. The Kier molecular flexibility index (Phi) is 6.99. The van der Waals surface area contributed by atoms with E-state index >= 15 is 0 Å². The molecule has 32 heavy (non-hydrogen) atoms. The minimum absolute atomic E-state index is 0.132. The van der Waals surface area contributed by atoms with Gasteiger partial charge in [0.1, 0.15) is 5.75 Å². The van der Waals surface area contributed by atoms with Crippen molar-refractivity contribution in [3.8, 4) is 23.3 Å². The summed E-state index contributed by atoms with van der Waals surface area (Å²) in [5.74, 6) is -1.03. The molecule has 0 aliphatic carbocycles. The first-order valence-corrected chi connectivity index (χ1v) is 9.44. The molecule has 3 aromatic rings. The van der Waals surface area contributed by atoms with Crippen molar-refractivity contribution in [1.82, 2.24) is 25.0 Å². The van der Waals surface area contributed by atoms with Crippen LogP contribution in [-0.4, -0.2) is 51.1 Å². The summed E-state index contributed by atoms with van der Waals surface area (Å²) in [6, 6.07) is 6.86. The highest BCUT2D eigenvalue weighted by atomic mass is 19.4. The van der Waals surface area contributed by atoms with Gasteiger partial charge in [-0.15, -0.1) is 13.2 Å². The van der Waals surface area contributed by atoms with E-state index in [1.165, 1.54) is 23.2 Å². The molecule has 1 atom stereocenters. The fraction of sp³-hybridized carbons (Fsp3) is 0.300. The van der Waals surface area contributed by atoms with Gasteiger partial charge in [0.05, 0.1) is 6.20 Å². The number of aryl methyl sites for hydroxylation is 1. The van der Waals surface area contributed by atoms with E-state index in [0.29, 0.717) is 19.5 Å². The van der Waals surface area contributed by atoms with Crippen LogP contribution in [0.3, 0.4) is 0 Å². The zero-order valence-electron chi connectivity index (χ0n) is 16.9. The van der Waals surface area contributed by atoms with Crippen LogP contribution in [0.25, 0.3) is 11.3 Å². The number of alkyl halides is 3. The largest absolute Gasteiger partial charge is 0.573 e. The van der Waals surface area contributed by atoms with E-state index < -0.39 is 18.0 Å². The number of aromatic nitrogens is 3. The number of rotatable bonds is 4. The van der Waals surface area contributed by atoms with E-state index in [-0.39, 0.29) is 23.3 Å². The van der Waals surface area contributed by atoms with Crippen LogP contribution in [0.4, 0.5) is 13.2 Å². The standard InChI is InChI=1S/C16H13F3N4O3.C4H6N2/c17-16(18,19)26-12-3-1-2-10(6-12)13-7-21-15(25-13)14(24)22-11-4-5-23(8-11)9-20;1-6-4-2-3-5-6/h1-3,6-7,11H,4-5,8H2,(H,22,24);2-4H,1H3. The highest BCUT2D eigenvalue weighted by Crippen LogP contribution is 2.28. The Balaban J connectivity index is 0.000000416. The van der Waals surface area contributed by atoms with Crippen LogP contribution in [0.2, 0.25) is 0 Å². The Labute approximate surface area is 181 Å². The summed E-state index contributed by atoms with van der Waals surface area (Å²) < 4.78 is 47.8. The van der Waals surface area contributed by atoms with Gasteiger partial charge in [0.15, 0.2) is 12.0 Å². The van der Waals surface area contributed by atoms with Gasteiger partial charge >= 0.3 is 12.3 Å². The maximum atomic E-state index is 12.3. The number of hydrogen-bond acceptors (Lipinski definition) is 7. The second-order valence-electron chi connectivity index (χ2n) is 6.79. The summed E-state index contributed by atoms with van der Waals surface area (Å²) in [4.78, 5) is 17.5. The number of nitriles is 1. The molecule has 4 rings (SSSR count). The molecule has 0 radical (unpaired) electrons. The van der Waals surface area contributed by atoms with E-state index in [1.54, 1.807) is 10.9 Å². The number of likely N-dealkylation sites (tertiary alicyclic amines) is 1. The summed E-state index contributed by atoms with van der Waals surface area (Å²) in [6.45, 7) is 0.969. The van der Waals surface area contributed by atoms with Crippen molar-refractivity contribution in [1.29, 1.82) is 5.26 Å². The SMILES string of the molecule is Cn1cccn1.N#CN1CCC(NC(=O)c2ncc(-c3cccc(OC(F)(F)F)c3)o2)C1. The molecular weight excluding hydrogens is 429 g/mol. The third-order valence-corrected chi connectivity index (χ3v) is 4.35. The lowest BCUT2D eigenvalue weighted by atomic mass is 10.2.